The number of rotatable bonds is 4. The van der Waals surface area contributed by atoms with Crippen molar-refractivity contribution in [1.29, 1.82) is 0 Å². The monoisotopic (exact) mass is 474 g/mol. The fraction of sp³-hybridized carbons (Fsp3) is 0.320. The van der Waals surface area contributed by atoms with Gasteiger partial charge in [-0.25, -0.2) is 4.98 Å². The van der Waals surface area contributed by atoms with Crippen LogP contribution in [0, 0.1) is 0 Å². The van der Waals surface area contributed by atoms with Crippen molar-refractivity contribution in [3.63, 3.8) is 0 Å². The molecule has 2 aromatic carbocycles. The summed E-state index contributed by atoms with van der Waals surface area (Å²) in [5.41, 5.74) is 6.17. The Labute approximate surface area is 202 Å². The van der Waals surface area contributed by atoms with E-state index in [4.69, 9.17) is 0 Å². The highest BCUT2D eigenvalue weighted by atomic mass is 32.1. The van der Waals surface area contributed by atoms with Gasteiger partial charge in [0.1, 0.15) is 5.69 Å². The van der Waals surface area contributed by atoms with Crippen LogP contribution in [0.2, 0.25) is 0 Å². The lowest BCUT2D eigenvalue weighted by Crippen LogP contribution is -2.64. The molecule has 4 heterocycles. The van der Waals surface area contributed by atoms with E-state index in [1.807, 2.05) is 46.2 Å². The van der Waals surface area contributed by atoms with Crippen LogP contribution in [-0.2, 0) is 0 Å². The highest BCUT2D eigenvalue weighted by Crippen LogP contribution is 2.37. The van der Waals surface area contributed by atoms with Crippen LogP contribution in [0.3, 0.4) is 0 Å². The van der Waals surface area contributed by atoms with Gasteiger partial charge in [-0.05, 0) is 30.3 Å². The van der Waals surface area contributed by atoms with Crippen LogP contribution in [0.5, 0.6) is 0 Å². The first kappa shape index (κ1) is 21.1. The topological polar surface area (TPSA) is 72.0 Å². The van der Waals surface area contributed by atoms with Gasteiger partial charge >= 0.3 is 0 Å². The van der Waals surface area contributed by atoms with Gasteiger partial charge in [0.15, 0.2) is 0 Å². The summed E-state index contributed by atoms with van der Waals surface area (Å²) < 4.78 is 0. The van der Waals surface area contributed by atoms with E-state index in [0.717, 1.165) is 48.8 Å². The van der Waals surface area contributed by atoms with Crippen LogP contribution in [-0.4, -0.2) is 83.5 Å². The van der Waals surface area contributed by atoms with Gasteiger partial charge in [-0.15, -0.1) is 11.3 Å². The molecular formula is C25H26N6O2S. The number of thiazole rings is 1. The Morgan fingerprint density at radius 2 is 1.74 bits per heavy atom. The van der Waals surface area contributed by atoms with Gasteiger partial charge in [-0.2, -0.15) is 0 Å². The molecule has 1 aromatic heterocycles. The summed E-state index contributed by atoms with van der Waals surface area (Å²) in [4.78, 5) is 38.1. The average Bonchev–Trinajstić information content (AvgIpc) is 3.54. The molecule has 174 valence electrons. The molecule has 0 atom stereocenters. The van der Waals surface area contributed by atoms with Crippen LogP contribution in [0.25, 0.3) is 0 Å². The maximum Gasteiger partial charge on any atom is 0.273 e. The van der Waals surface area contributed by atoms with E-state index in [1.165, 1.54) is 11.3 Å². The maximum absolute atomic E-state index is 13.1. The first-order valence-electron chi connectivity index (χ1n) is 11.6. The van der Waals surface area contributed by atoms with Crippen molar-refractivity contribution < 1.29 is 9.59 Å². The number of amides is 2. The standard InChI is InChI=1S/C25H26N6O2S/c32-24(18-6-7-23-21(12-18)26-16-31(23)19-4-2-1-3-5-19)30-13-20(14-30)28-8-10-29(11-9-28)25(33)22-15-34-17-27-22/h1-7,12,15,17,20,26H,8-11,13-14,16H2. The van der Waals surface area contributed by atoms with Gasteiger partial charge in [0, 0.05) is 61.9 Å². The molecule has 8 nitrogen and oxygen atoms in total. The lowest BCUT2D eigenvalue weighted by Gasteiger charge is -2.48. The van der Waals surface area contributed by atoms with Gasteiger partial charge < -0.3 is 20.0 Å². The minimum atomic E-state index is 0.0161. The lowest BCUT2D eigenvalue weighted by molar-refractivity contribution is 0.00844. The number of anilines is 3. The number of aromatic nitrogens is 1. The zero-order valence-electron chi connectivity index (χ0n) is 18.8. The number of carbonyl (C=O) groups is 2. The number of nitrogens with one attached hydrogen (secondary N) is 1. The van der Waals surface area contributed by atoms with E-state index in [0.29, 0.717) is 31.5 Å². The van der Waals surface area contributed by atoms with Crippen LogP contribution in [0.15, 0.2) is 59.4 Å². The molecule has 2 fully saturated rings. The van der Waals surface area contributed by atoms with Gasteiger partial charge in [0.05, 0.1) is 23.6 Å². The first-order valence-corrected chi connectivity index (χ1v) is 12.5. The second-order valence-corrected chi connectivity index (χ2v) is 9.61. The molecule has 0 bridgehead atoms. The van der Waals surface area contributed by atoms with Crippen molar-refractivity contribution in [2.24, 2.45) is 0 Å². The first-order chi connectivity index (χ1) is 16.7. The molecule has 9 heteroatoms. The normalized spacial score (nSPS) is 18.4. The molecule has 3 aromatic rings. The number of para-hydroxylation sites is 1. The Hall–Kier alpha value is -3.43. The zero-order valence-corrected chi connectivity index (χ0v) is 19.6. The van der Waals surface area contributed by atoms with Crippen molar-refractivity contribution in [3.8, 4) is 0 Å². The van der Waals surface area contributed by atoms with Gasteiger partial charge in [-0.3, -0.25) is 14.5 Å². The molecule has 3 aliphatic heterocycles. The largest absolute Gasteiger partial charge is 0.366 e. The zero-order chi connectivity index (χ0) is 23.1. The number of hydrogen-bond donors (Lipinski definition) is 1. The molecule has 2 saturated heterocycles. The minimum absolute atomic E-state index is 0.0161. The summed E-state index contributed by atoms with van der Waals surface area (Å²) in [5, 5.41) is 5.22. The van der Waals surface area contributed by atoms with Crippen LogP contribution < -0.4 is 10.2 Å². The third-order valence-electron chi connectivity index (χ3n) is 6.95. The summed E-state index contributed by atoms with van der Waals surface area (Å²) in [5.74, 6) is 0.0960. The number of hydrogen-bond acceptors (Lipinski definition) is 7. The molecule has 3 aliphatic rings. The quantitative estimate of drug-likeness (QED) is 0.627. The number of benzene rings is 2. The van der Waals surface area contributed by atoms with Crippen LogP contribution in [0.4, 0.5) is 17.1 Å². The fourth-order valence-electron chi connectivity index (χ4n) is 4.94. The molecule has 0 saturated carbocycles. The molecular weight excluding hydrogens is 448 g/mol. The predicted molar refractivity (Wildman–Crippen MR) is 133 cm³/mol. The minimum Gasteiger partial charge on any atom is -0.366 e. The van der Waals surface area contributed by atoms with E-state index in [1.54, 1.807) is 10.9 Å². The molecule has 0 unspecified atom stereocenters. The van der Waals surface area contributed by atoms with Gasteiger partial charge in [-0.1, -0.05) is 18.2 Å². The summed E-state index contributed by atoms with van der Waals surface area (Å²) >= 11 is 1.44. The second kappa shape index (κ2) is 8.73. The number of fused-ring (bicyclic) bond motifs is 1. The molecule has 0 radical (unpaired) electrons. The Kier molecular flexibility index (Phi) is 5.43. The van der Waals surface area contributed by atoms with Gasteiger partial charge in [0.2, 0.25) is 0 Å². The van der Waals surface area contributed by atoms with E-state index in [-0.39, 0.29) is 11.8 Å². The van der Waals surface area contributed by atoms with Crippen molar-refractivity contribution in [1.82, 2.24) is 19.7 Å². The summed E-state index contributed by atoms with van der Waals surface area (Å²) in [6, 6.07) is 16.5. The van der Waals surface area contributed by atoms with Crippen molar-refractivity contribution in [2.75, 3.05) is 56.2 Å². The van der Waals surface area contributed by atoms with Crippen molar-refractivity contribution >= 4 is 40.2 Å². The fourth-order valence-corrected chi connectivity index (χ4v) is 5.46. The lowest BCUT2D eigenvalue weighted by atomic mass is 10.0. The molecule has 34 heavy (non-hydrogen) atoms. The Morgan fingerprint density at radius 3 is 2.47 bits per heavy atom. The molecule has 1 N–H and O–H groups in total. The number of carbonyl (C=O) groups excluding carboxylic acids is 2. The Morgan fingerprint density at radius 1 is 0.941 bits per heavy atom. The van der Waals surface area contributed by atoms with E-state index in [2.05, 4.69) is 32.2 Å². The maximum atomic E-state index is 13.1. The number of nitrogens with zero attached hydrogens (tertiary/aromatic N) is 5. The smallest absolute Gasteiger partial charge is 0.273 e. The van der Waals surface area contributed by atoms with Gasteiger partial charge in [0.25, 0.3) is 11.8 Å². The molecule has 0 spiro atoms. The van der Waals surface area contributed by atoms with Crippen LogP contribution >= 0.6 is 11.3 Å². The summed E-state index contributed by atoms with van der Waals surface area (Å²) in [6.45, 7) is 5.24. The summed E-state index contributed by atoms with van der Waals surface area (Å²) in [6.07, 6.45) is 0. The number of likely N-dealkylation sites (tertiary alicyclic amines) is 1. The second-order valence-electron chi connectivity index (χ2n) is 8.90. The third-order valence-corrected chi connectivity index (χ3v) is 7.54. The highest BCUT2D eigenvalue weighted by Gasteiger charge is 2.37. The third kappa shape index (κ3) is 3.80. The van der Waals surface area contributed by atoms with E-state index < -0.39 is 0 Å². The highest BCUT2D eigenvalue weighted by molar-refractivity contribution is 7.07. The molecule has 2 amide bonds. The number of piperazine rings is 1. The van der Waals surface area contributed by atoms with E-state index >= 15 is 0 Å². The average molecular weight is 475 g/mol. The Balaban J connectivity index is 1.03. The molecule has 0 aliphatic carbocycles. The predicted octanol–water partition coefficient (Wildman–Crippen LogP) is 2.95. The van der Waals surface area contributed by atoms with E-state index in [9.17, 15) is 9.59 Å². The Bertz CT molecular complexity index is 1190. The SMILES string of the molecule is O=C(c1ccc2c(c1)NCN2c1ccccc1)N1CC(N2CCN(C(=O)c3cscn3)CC2)C1. The van der Waals surface area contributed by atoms with Crippen molar-refractivity contribution in [3.05, 3.63) is 70.7 Å². The van der Waals surface area contributed by atoms with Crippen LogP contribution in [0.1, 0.15) is 20.8 Å². The summed E-state index contributed by atoms with van der Waals surface area (Å²) in [7, 11) is 0. The van der Waals surface area contributed by atoms with Crippen molar-refractivity contribution in [2.45, 2.75) is 6.04 Å². The molecule has 6 rings (SSSR count).